The maximum Gasteiger partial charge on any atom is 0.257 e. The molecule has 0 spiro atoms. The third-order valence-electron chi connectivity index (χ3n) is 4.61. The number of hydrogen-bond donors (Lipinski definition) is 2. The number of amides is 1. The minimum absolute atomic E-state index is 0.114. The number of anilines is 1. The summed E-state index contributed by atoms with van der Waals surface area (Å²) in [5, 5.41) is 5.91. The Bertz CT molecular complexity index is 871. The molecule has 1 atom stereocenters. The number of carbonyl (C=O) groups excluding carboxylic acids is 1. The van der Waals surface area contributed by atoms with Gasteiger partial charge in [0.05, 0.1) is 18.4 Å². The number of benzene rings is 2. The van der Waals surface area contributed by atoms with Crippen LogP contribution in [0, 0.1) is 0 Å². The highest BCUT2D eigenvalue weighted by Gasteiger charge is 2.17. The lowest BCUT2D eigenvalue weighted by Crippen LogP contribution is -2.34. The summed E-state index contributed by atoms with van der Waals surface area (Å²) in [6, 6.07) is 14.4. The molecule has 0 aromatic heterocycles. The quantitative estimate of drug-likeness (QED) is 0.426. The Balaban J connectivity index is 1.53. The third-order valence-corrected chi connectivity index (χ3v) is 4.81. The van der Waals surface area contributed by atoms with E-state index in [-0.39, 0.29) is 17.1 Å². The lowest BCUT2D eigenvalue weighted by atomic mass is 10.2. The van der Waals surface area contributed by atoms with Crippen LogP contribution in [0.4, 0.5) is 5.69 Å². The predicted octanol–water partition coefficient (Wildman–Crippen LogP) is 3.79. The Morgan fingerprint density at radius 3 is 2.84 bits per heavy atom. The summed E-state index contributed by atoms with van der Waals surface area (Å²) in [5.41, 5.74) is 1.12. The summed E-state index contributed by atoms with van der Waals surface area (Å²) in [4.78, 5) is 12.6. The van der Waals surface area contributed by atoms with Crippen molar-refractivity contribution in [2.24, 2.45) is 0 Å². The van der Waals surface area contributed by atoms with Crippen LogP contribution in [0.5, 0.6) is 11.5 Å². The van der Waals surface area contributed by atoms with Crippen molar-refractivity contribution in [1.82, 2.24) is 5.32 Å². The van der Waals surface area contributed by atoms with Gasteiger partial charge in [-0.3, -0.25) is 10.1 Å². The molecule has 166 valence electrons. The van der Waals surface area contributed by atoms with E-state index in [0.29, 0.717) is 49.2 Å². The smallest absolute Gasteiger partial charge is 0.257 e. The topological polar surface area (TPSA) is 78.1 Å². The van der Waals surface area contributed by atoms with Gasteiger partial charge in [0, 0.05) is 18.8 Å². The standard InChI is InChI=1S/C23H28N2O5S/c1-2-27-13-14-29-18-8-5-7-17(15-18)22(26)25-23(31)24-20-10-3-4-11-21(20)30-16-19-9-6-12-28-19/h3-5,7-8,10-11,15,19H,2,6,9,12-14,16H2,1H3,(H2,24,25,26,31). The van der Waals surface area contributed by atoms with Crippen LogP contribution >= 0.6 is 12.2 Å². The third kappa shape index (κ3) is 7.50. The van der Waals surface area contributed by atoms with Gasteiger partial charge in [0.2, 0.25) is 0 Å². The Hall–Kier alpha value is -2.68. The van der Waals surface area contributed by atoms with E-state index in [4.69, 9.17) is 31.2 Å². The fourth-order valence-electron chi connectivity index (χ4n) is 3.07. The molecule has 7 nitrogen and oxygen atoms in total. The van der Waals surface area contributed by atoms with E-state index in [1.807, 2.05) is 31.2 Å². The molecule has 2 N–H and O–H groups in total. The maximum absolute atomic E-state index is 12.6. The van der Waals surface area contributed by atoms with Crippen molar-refractivity contribution in [2.75, 3.05) is 38.4 Å². The average molecular weight is 445 g/mol. The molecule has 31 heavy (non-hydrogen) atoms. The number of ether oxygens (including phenoxy) is 4. The van der Waals surface area contributed by atoms with Gasteiger partial charge in [-0.2, -0.15) is 0 Å². The van der Waals surface area contributed by atoms with Crippen LogP contribution in [0.3, 0.4) is 0 Å². The monoisotopic (exact) mass is 444 g/mol. The van der Waals surface area contributed by atoms with E-state index in [2.05, 4.69) is 10.6 Å². The van der Waals surface area contributed by atoms with Gasteiger partial charge in [-0.1, -0.05) is 18.2 Å². The second-order valence-electron chi connectivity index (χ2n) is 6.92. The summed E-state index contributed by atoms with van der Waals surface area (Å²) in [7, 11) is 0. The maximum atomic E-state index is 12.6. The number of carbonyl (C=O) groups is 1. The van der Waals surface area contributed by atoms with Gasteiger partial charge in [-0.05, 0) is 62.3 Å². The molecule has 1 unspecified atom stereocenters. The zero-order chi connectivity index (χ0) is 21.9. The first-order valence-corrected chi connectivity index (χ1v) is 10.8. The zero-order valence-corrected chi connectivity index (χ0v) is 18.4. The van der Waals surface area contributed by atoms with Crippen molar-refractivity contribution in [1.29, 1.82) is 0 Å². The van der Waals surface area contributed by atoms with Crippen LogP contribution in [0.15, 0.2) is 48.5 Å². The Labute approximate surface area is 188 Å². The predicted molar refractivity (Wildman–Crippen MR) is 123 cm³/mol. The molecule has 1 heterocycles. The highest BCUT2D eigenvalue weighted by atomic mass is 32.1. The van der Waals surface area contributed by atoms with Crippen molar-refractivity contribution >= 4 is 28.9 Å². The van der Waals surface area contributed by atoms with Crippen LogP contribution in [0.1, 0.15) is 30.1 Å². The van der Waals surface area contributed by atoms with Crippen molar-refractivity contribution in [3.8, 4) is 11.5 Å². The molecule has 1 amide bonds. The molecular formula is C23H28N2O5S. The fourth-order valence-corrected chi connectivity index (χ4v) is 3.28. The second kappa shape index (κ2) is 12.2. The van der Waals surface area contributed by atoms with E-state index < -0.39 is 0 Å². The number of para-hydroxylation sites is 2. The second-order valence-corrected chi connectivity index (χ2v) is 7.33. The molecule has 2 aromatic carbocycles. The van der Waals surface area contributed by atoms with Gasteiger partial charge in [0.25, 0.3) is 5.91 Å². The van der Waals surface area contributed by atoms with Crippen LogP contribution < -0.4 is 20.1 Å². The molecular weight excluding hydrogens is 416 g/mol. The molecule has 1 saturated heterocycles. The number of thiocarbonyl (C=S) groups is 1. The van der Waals surface area contributed by atoms with Gasteiger partial charge in [-0.15, -0.1) is 0 Å². The Morgan fingerprint density at radius 2 is 2.03 bits per heavy atom. The van der Waals surface area contributed by atoms with Crippen molar-refractivity contribution < 1.29 is 23.7 Å². The number of hydrogen-bond acceptors (Lipinski definition) is 6. The fraction of sp³-hybridized carbons (Fsp3) is 0.391. The van der Waals surface area contributed by atoms with Gasteiger partial charge >= 0.3 is 0 Å². The van der Waals surface area contributed by atoms with Gasteiger partial charge in [-0.25, -0.2) is 0 Å². The van der Waals surface area contributed by atoms with Crippen molar-refractivity contribution in [3.63, 3.8) is 0 Å². The van der Waals surface area contributed by atoms with Gasteiger partial charge in [0.15, 0.2) is 5.11 Å². The summed E-state index contributed by atoms with van der Waals surface area (Å²) in [5.74, 6) is 0.920. The van der Waals surface area contributed by atoms with Crippen LogP contribution in [-0.2, 0) is 9.47 Å². The molecule has 3 rings (SSSR count). The zero-order valence-electron chi connectivity index (χ0n) is 17.6. The first-order chi connectivity index (χ1) is 15.2. The lowest BCUT2D eigenvalue weighted by molar-refractivity contribution is 0.0682. The van der Waals surface area contributed by atoms with E-state index in [0.717, 1.165) is 19.4 Å². The van der Waals surface area contributed by atoms with Crippen LogP contribution in [-0.4, -0.2) is 50.2 Å². The highest BCUT2D eigenvalue weighted by molar-refractivity contribution is 7.80. The highest BCUT2D eigenvalue weighted by Crippen LogP contribution is 2.25. The molecule has 1 aliphatic rings. The molecule has 1 aliphatic heterocycles. The summed E-state index contributed by atoms with van der Waals surface area (Å²) < 4.78 is 22.3. The molecule has 0 saturated carbocycles. The normalized spacial score (nSPS) is 15.3. The molecule has 0 bridgehead atoms. The molecule has 0 aliphatic carbocycles. The van der Waals surface area contributed by atoms with E-state index >= 15 is 0 Å². The molecule has 8 heteroatoms. The van der Waals surface area contributed by atoms with Crippen molar-refractivity contribution in [2.45, 2.75) is 25.9 Å². The van der Waals surface area contributed by atoms with E-state index in [1.54, 1.807) is 24.3 Å². The number of nitrogens with one attached hydrogen (secondary N) is 2. The minimum atomic E-state index is -0.328. The van der Waals surface area contributed by atoms with E-state index in [9.17, 15) is 4.79 Å². The molecule has 1 fully saturated rings. The van der Waals surface area contributed by atoms with Crippen LogP contribution in [0.25, 0.3) is 0 Å². The van der Waals surface area contributed by atoms with Crippen LogP contribution in [0.2, 0.25) is 0 Å². The Morgan fingerprint density at radius 1 is 1.16 bits per heavy atom. The van der Waals surface area contributed by atoms with Gasteiger partial charge in [0.1, 0.15) is 24.7 Å². The summed E-state index contributed by atoms with van der Waals surface area (Å²) in [6.07, 6.45) is 2.17. The molecule has 0 radical (unpaired) electrons. The number of rotatable bonds is 10. The largest absolute Gasteiger partial charge is 0.491 e. The molecule has 2 aromatic rings. The van der Waals surface area contributed by atoms with E-state index in [1.165, 1.54) is 0 Å². The SMILES string of the molecule is CCOCCOc1cccc(C(=O)NC(=S)Nc2ccccc2OCC2CCCO2)c1. The summed E-state index contributed by atoms with van der Waals surface area (Å²) >= 11 is 5.32. The minimum Gasteiger partial charge on any atom is -0.491 e. The first kappa shape index (κ1) is 23.0. The first-order valence-electron chi connectivity index (χ1n) is 10.4. The Kier molecular flexibility index (Phi) is 9.08. The summed E-state index contributed by atoms with van der Waals surface area (Å²) in [6.45, 7) is 4.74. The van der Waals surface area contributed by atoms with Gasteiger partial charge < -0.3 is 24.3 Å². The average Bonchev–Trinajstić information content (AvgIpc) is 3.30. The lowest BCUT2D eigenvalue weighted by Gasteiger charge is -2.16. The van der Waals surface area contributed by atoms with Crippen molar-refractivity contribution in [3.05, 3.63) is 54.1 Å².